The van der Waals surface area contributed by atoms with Gasteiger partial charge in [-0.05, 0) is 12.8 Å². The Hall–Kier alpha value is -0.720. The van der Waals surface area contributed by atoms with E-state index in [1.54, 1.807) is 0 Å². The van der Waals surface area contributed by atoms with Gasteiger partial charge in [-0.1, -0.05) is 41.7 Å². The molecule has 126 valence electrons. The van der Waals surface area contributed by atoms with E-state index in [0.717, 1.165) is 0 Å². The standard InChI is InChI=1S/C13H18Cl3NO5/c1-7(18)21-9-4-5-12(3,10(9)22-8(2)19)6-17-11(20)13(14,15)16/h9-10H,4-6H2,1-3H3,(H,17,20)/t9-,10-,12+/m0/s1. The van der Waals surface area contributed by atoms with E-state index in [-0.39, 0.29) is 6.54 Å². The van der Waals surface area contributed by atoms with Crippen LogP contribution in [0.4, 0.5) is 0 Å². The first-order chi connectivity index (χ1) is 9.95. The molecule has 1 N–H and O–H groups in total. The molecule has 0 saturated heterocycles. The van der Waals surface area contributed by atoms with E-state index >= 15 is 0 Å². The van der Waals surface area contributed by atoms with Gasteiger partial charge >= 0.3 is 11.9 Å². The normalized spacial score (nSPS) is 28.1. The summed E-state index contributed by atoms with van der Waals surface area (Å²) in [6.07, 6.45) is -0.151. The second-order valence-electron chi connectivity index (χ2n) is 5.55. The van der Waals surface area contributed by atoms with Crippen molar-refractivity contribution in [1.82, 2.24) is 5.32 Å². The van der Waals surface area contributed by atoms with Gasteiger partial charge in [-0.2, -0.15) is 0 Å². The van der Waals surface area contributed by atoms with E-state index in [2.05, 4.69) is 5.32 Å². The van der Waals surface area contributed by atoms with Crippen LogP contribution < -0.4 is 5.32 Å². The highest BCUT2D eigenvalue weighted by molar-refractivity contribution is 6.76. The zero-order valence-corrected chi connectivity index (χ0v) is 14.7. The third-order valence-electron chi connectivity index (χ3n) is 3.55. The van der Waals surface area contributed by atoms with Crippen molar-refractivity contribution in [3.05, 3.63) is 0 Å². The molecule has 1 fully saturated rings. The van der Waals surface area contributed by atoms with Crippen molar-refractivity contribution in [2.75, 3.05) is 6.54 Å². The lowest BCUT2D eigenvalue weighted by atomic mass is 9.86. The summed E-state index contributed by atoms with van der Waals surface area (Å²) in [6.45, 7) is 4.48. The lowest BCUT2D eigenvalue weighted by Gasteiger charge is -2.33. The Morgan fingerprint density at radius 3 is 2.18 bits per heavy atom. The molecule has 0 radical (unpaired) electrons. The number of halogens is 3. The molecule has 1 amide bonds. The Balaban J connectivity index is 2.82. The number of carbonyl (C=O) groups is 3. The molecule has 22 heavy (non-hydrogen) atoms. The fourth-order valence-electron chi connectivity index (χ4n) is 2.52. The second-order valence-corrected chi connectivity index (χ2v) is 7.83. The molecule has 0 aliphatic heterocycles. The maximum atomic E-state index is 11.7. The number of amides is 1. The van der Waals surface area contributed by atoms with Crippen LogP contribution in [0, 0.1) is 5.41 Å². The summed E-state index contributed by atoms with van der Waals surface area (Å²) in [7, 11) is 0. The SMILES string of the molecule is CC(=O)O[C@H]1CC[C@](C)(CNC(=O)C(Cl)(Cl)Cl)[C@H]1OC(C)=O. The fourth-order valence-corrected chi connectivity index (χ4v) is 2.72. The zero-order chi connectivity index (χ0) is 17.1. The Kier molecular flexibility index (Phi) is 6.36. The van der Waals surface area contributed by atoms with Crippen LogP contribution in [0.25, 0.3) is 0 Å². The van der Waals surface area contributed by atoms with E-state index < -0.39 is 39.3 Å². The van der Waals surface area contributed by atoms with Crippen LogP contribution >= 0.6 is 34.8 Å². The monoisotopic (exact) mass is 373 g/mol. The number of hydrogen-bond acceptors (Lipinski definition) is 5. The molecule has 0 bridgehead atoms. The van der Waals surface area contributed by atoms with Gasteiger partial charge in [-0.3, -0.25) is 14.4 Å². The molecule has 0 aromatic carbocycles. The van der Waals surface area contributed by atoms with Crippen molar-refractivity contribution >= 4 is 52.6 Å². The molecule has 0 aromatic heterocycles. The lowest BCUT2D eigenvalue weighted by Crippen LogP contribution is -2.48. The maximum Gasteiger partial charge on any atom is 0.303 e. The average molecular weight is 375 g/mol. The highest BCUT2D eigenvalue weighted by atomic mass is 35.6. The summed E-state index contributed by atoms with van der Waals surface area (Å²) in [5, 5.41) is 2.52. The fraction of sp³-hybridized carbons (Fsp3) is 0.769. The predicted molar refractivity (Wildman–Crippen MR) is 81.7 cm³/mol. The van der Waals surface area contributed by atoms with Gasteiger partial charge in [0.15, 0.2) is 0 Å². The predicted octanol–water partition coefficient (Wildman–Crippen LogP) is 2.14. The summed E-state index contributed by atoms with van der Waals surface area (Å²) in [5.41, 5.74) is -0.628. The average Bonchev–Trinajstić information content (AvgIpc) is 2.63. The molecule has 0 unspecified atom stereocenters. The van der Waals surface area contributed by atoms with Crippen LogP contribution in [-0.2, 0) is 23.9 Å². The molecule has 3 atom stereocenters. The van der Waals surface area contributed by atoms with Gasteiger partial charge in [0.1, 0.15) is 12.2 Å². The molecule has 0 spiro atoms. The van der Waals surface area contributed by atoms with E-state index in [0.29, 0.717) is 12.8 Å². The third kappa shape index (κ3) is 5.18. The number of esters is 2. The Morgan fingerprint density at radius 1 is 1.18 bits per heavy atom. The van der Waals surface area contributed by atoms with Crippen LogP contribution in [0.2, 0.25) is 0 Å². The summed E-state index contributed by atoms with van der Waals surface area (Å²) >= 11 is 16.5. The number of alkyl halides is 3. The van der Waals surface area contributed by atoms with E-state index in [9.17, 15) is 14.4 Å². The van der Waals surface area contributed by atoms with Crippen LogP contribution in [0.15, 0.2) is 0 Å². The van der Waals surface area contributed by atoms with E-state index in [1.807, 2.05) is 6.92 Å². The van der Waals surface area contributed by atoms with Gasteiger partial charge < -0.3 is 14.8 Å². The number of hydrogen-bond donors (Lipinski definition) is 1. The molecule has 0 aromatic rings. The first-order valence-electron chi connectivity index (χ1n) is 6.65. The van der Waals surface area contributed by atoms with Gasteiger partial charge in [-0.25, -0.2) is 0 Å². The minimum absolute atomic E-state index is 0.120. The second kappa shape index (κ2) is 7.23. The van der Waals surface area contributed by atoms with Gasteiger partial charge in [0.05, 0.1) is 0 Å². The van der Waals surface area contributed by atoms with E-state index in [4.69, 9.17) is 44.3 Å². The van der Waals surface area contributed by atoms with Crippen LogP contribution in [0.1, 0.15) is 33.6 Å². The number of carbonyl (C=O) groups excluding carboxylic acids is 3. The summed E-state index contributed by atoms with van der Waals surface area (Å²) in [6, 6.07) is 0. The molecular weight excluding hydrogens is 357 g/mol. The third-order valence-corrected chi connectivity index (χ3v) is 4.06. The summed E-state index contributed by atoms with van der Waals surface area (Å²) in [4.78, 5) is 34.1. The summed E-state index contributed by atoms with van der Waals surface area (Å²) in [5.74, 6) is -1.73. The molecule has 1 aliphatic carbocycles. The van der Waals surface area contributed by atoms with Crippen LogP contribution in [-0.4, -0.2) is 40.4 Å². The largest absolute Gasteiger partial charge is 0.459 e. The van der Waals surface area contributed by atoms with Gasteiger partial charge in [-0.15, -0.1) is 0 Å². The minimum Gasteiger partial charge on any atom is -0.459 e. The van der Waals surface area contributed by atoms with Crippen molar-refractivity contribution in [3.63, 3.8) is 0 Å². The Bertz CT molecular complexity index is 465. The van der Waals surface area contributed by atoms with Crippen molar-refractivity contribution in [3.8, 4) is 0 Å². The Morgan fingerprint density at radius 2 is 1.73 bits per heavy atom. The van der Waals surface area contributed by atoms with Gasteiger partial charge in [0.25, 0.3) is 9.70 Å². The first-order valence-corrected chi connectivity index (χ1v) is 7.78. The number of nitrogens with one attached hydrogen (secondary N) is 1. The highest BCUT2D eigenvalue weighted by Crippen LogP contribution is 2.41. The topological polar surface area (TPSA) is 81.7 Å². The molecule has 1 saturated carbocycles. The van der Waals surface area contributed by atoms with Crippen LogP contribution in [0.5, 0.6) is 0 Å². The molecule has 1 rings (SSSR count). The molecule has 6 nitrogen and oxygen atoms in total. The van der Waals surface area contributed by atoms with Crippen molar-refractivity contribution in [2.45, 2.75) is 49.6 Å². The number of ether oxygens (including phenoxy) is 2. The summed E-state index contributed by atoms with van der Waals surface area (Å²) < 4.78 is 8.41. The smallest absolute Gasteiger partial charge is 0.303 e. The van der Waals surface area contributed by atoms with Crippen molar-refractivity contribution in [1.29, 1.82) is 0 Å². The molecule has 9 heteroatoms. The molecule has 0 heterocycles. The van der Waals surface area contributed by atoms with Gasteiger partial charge in [0, 0.05) is 25.8 Å². The van der Waals surface area contributed by atoms with Crippen molar-refractivity contribution < 1.29 is 23.9 Å². The zero-order valence-electron chi connectivity index (χ0n) is 12.5. The van der Waals surface area contributed by atoms with Crippen LogP contribution in [0.3, 0.4) is 0 Å². The maximum absolute atomic E-state index is 11.7. The van der Waals surface area contributed by atoms with Gasteiger partial charge in [0.2, 0.25) is 0 Å². The Labute approximate surface area is 143 Å². The number of rotatable bonds is 4. The van der Waals surface area contributed by atoms with E-state index in [1.165, 1.54) is 13.8 Å². The lowest BCUT2D eigenvalue weighted by molar-refractivity contribution is -0.168. The molecular formula is C13H18Cl3NO5. The molecule has 1 aliphatic rings. The highest BCUT2D eigenvalue weighted by Gasteiger charge is 2.50. The quantitative estimate of drug-likeness (QED) is 0.602. The first kappa shape index (κ1) is 19.3. The van der Waals surface area contributed by atoms with Crippen molar-refractivity contribution in [2.24, 2.45) is 5.41 Å². The minimum atomic E-state index is -2.07.